The first-order valence-corrected chi connectivity index (χ1v) is 12.8. The molecule has 9 heteroatoms. The van der Waals surface area contributed by atoms with Crippen LogP contribution in [0.2, 0.25) is 0 Å². The zero-order valence-corrected chi connectivity index (χ0v) is 21.1. The second-order valence-electron chi connectivity index (χ2n) is 8.01. The fraction of sp³-hybridized carbons (Fsp3) is 0.107. The van der Waals surface area contributed by atoms with Crippen molar-refractivity contribution in [3.8, 4) is 23.0 Å². The van der Waals surface area contributed by atoms with E-state index < -0.39 is 10.0 Å². The summed E-state index contributed by atoms with van der Waals surface area (Å²) in [5, 5.41) is 2.79. The summed E-state index contributed by atoms with van der Waals surface area (Å²) in [7, 11) is -2.28. The van der Waals surface area contributed by atoms with Crippen molar-refractivity contribution in [3.63, 3.8) is 0 Å². The van der Waals surface area contributed by atoms with Crippen LogP contribution in [0.3, 0.4) is 0 Å². The number of methoxy groups -OCH3 is 1. The Morgan fingerprint density at radius 2 is 1.51 bits per heavy atom. The van der Waals surface area contributed by atoms with E-state index in [1.165, 1.54) is 25.3 Å². The van der Waals surface area contributed by atoms with E-state index in [1.807, 2.05) is 36.4 Å². The monoisotopic (exact) mass is 518 g/mol. The van der Waals surface area contributed by atoms with Crippen molar-refractivity contribution in [3.05, 3.63) is 103 Å². The topological polar surface area (TPSA) is 103 Å². The average Bonchev–Trinajstić information content (AvgIpc) is 2.90. The highest BCUT2D eigenvalue weighted by Crippen LogP contribution is 2.29. The molecule has 0 spiro atoms. The summed E-state index contributed by atoms with van der Waals surface area (Å²) in [6.45, 7) is 1.44. The summed E-state index contributed by atoms with van der Waals surface area (Å²) in [5.41, 5.74) is 1.48. The van der Waals surface area contributed by atoms with Crippen molar-refractivity contribution in [2.45, 2.75) is 11.8 Å². The predicted molar refractivity (Wildman–Crippen MR) is 142 cm³/mol. The molecule has 0 aliphatic carbocycles. The molecule has 0 unspecified atom stereocenters. The quantitative estimate of drug-likeness (QED) is 0.283. The summed E-state index contributed by atoms with van der Waals surface area (Å²) >= 11 is 0. The number of nitrogens with one attached hydrogen (secondary N) is 2. The highest BCUT2D eigenvalue weighted by molar-refractivity contribution is 7.92. The minimum absolute atomic E-state index is 0.0737. The van der Waals surface area contributed by atoms with Gasteiger partial charge in [0.05, 0.1) is 17.7 Å². The van der Waals surface area contributed by atoms with Gasteiger partial charge in [-0.05, 0) is 79.2 Å². The molecule has 0 bridgehead atoms. The van der Waals surface area contributed by atoms with Gasteiger partial charge >= 0.3 is 0 Å². The first-order valence-electron chi connectivity index (χ1n) is 11.4. The molecule has 0 aromatic heterocycles. The maximum absolute atomic E-state index is 12.8. The molecule has 0 saturated carbocycles. The van der Waals surface area contributed by atoms with Crippen LogP contribution in [-0.4, -0.2) is 28.0 Å². The number of para-hydroxylation sites is 3. The van der Waals surface area contributed by atoms with Crippen molar-refractivity contribution in [1.29, 1.82) is 0 Å². The molecule has 0 fully saturated rings. The van der Waals surface area contributed by atoms with Gasteiger partial charge in [-0.1, -0.05) is 30.3 Å². The van der Waals surface area contributed by atoms with Crippen LogP contribution in [0.1, 0.15) is 5.56 Å². The lowest BCUT2D eigenvalue weighted by Gasteiger charge is -2.14. The Morgan fingerprint density at radius 1 is 0.811 bits per heavy atom. The SMILES string of the molecule is COc1ccc(NS(=O)(=O)c2ccc(OCC(=O)Nc3ccccc3Oc3ccccc3)c(C)c2)cc1. The van der Waals surface area contributed by atoms with Gasteiger partial charge in [0.1, 0.15) is 17.2 Å². The summed E-state index contributed by atoms with van der Waals surface area (Å²) in [5.74, 6) is 1.77. The first kappa shape index (κ1) is 25.6. The largest absolute Gasteiger partial charge is 0.497 e. The van der Waals surface area contributed by atoms with Crippen LogP contribution in [-0.2, 0) is 14.8 Å². The van der Waals surface area contributed by atoms with Gasteiger partial charge in [0.2, 0.25) is 0 Å². The van der Waals surface area contributed by atoms with Crippen LogP contribution in [0.25, 0.3) is 0 Å². The van der Waals surface area contributed by atoms with E-state index in [-0.39, 0.29) is 17.4 Å². The number of rotatable bonds is 10. The van der Waals surface area contributed by atoms with E-state index in [1.54, 1.807) is 49.4 Å². The molecular formula is C28H26N2O6S. The van der Waals surface area contributed by atoms with Gasteiger partial charge in [0.25, 0.3) is 15.9 Å². The highest BCUT2D eigenvalue weighted by atomic mass is 32.2. The Bertz CT molecular complexity index is 1470. The summed E-state index contributed by atoms with van der Waals surface area (Å²) in [6, 6.07) is 27.3. The third-order valence-corrected chi connectivity index (χ3v) is 6.67. The van der Waals surface area contributed by atoms with Crippen molar-refractivity contribution in [2.24, 2.45) is 0 Å². The molecule has 8 nitrogen and oxygen atoms in total. The van der Waals surface area contributed by atoms with E-state index in [2.05, 4.69) is 10.0 Å². The lowest BCUT2D eigenvalue weighted by atomic mass is 10.2. The fourth-order valence-corrected chi connectivity index (χ4v) is 4.57. The number of hydrogen-bond donors (Lipinski definition) is 2. The summed E-state index contributed by atoms with van der Waals surface area (Å²) in [4.78, 5) is 12.6. The van der Waals surface area contributed by atoms with Gasteiger partial charge < -0.3 is 19.5 Å². The van der Waals surface area contributed by atoms with Gasteiger partial charge in [-0.15, -0.1) is 0 Å². The number of amides is 1. The zero-order chi connectivity index (χ0) is 26.3. The second-order valence-corrected chi connectivity index (χ2v) is 9.69. The molecule has 4 aromatic carbocycles. The number of aryl methyl sites for hydroxylation is 1. The fourth-order valence-electron chi connectivity index (χ4n) is 3.43. The van der Waals surface area contributed by atoms with Crippen LogP contribution < -0.4 is 24.2 Å². The molecule has 0 aliphatic rings. The summed E-state index contributed by atoms with van der Waals surface area (Å²) < 4.78 is 44.7. The molecule has 4 rings (SSSR count). The molecule has 2 N–H and O–H groups in total. The molecule has 0 heterocycles. The Balaban J connectivity index is 1.38. The molecule has 190 valence electrons. The van der Waals surface area contributed by atoms with Crippen LogP contribution in [0.5, 0.6) is 23.0 Å². The lowest BCUT2D eigenvalue weighted by Crippen LogP contribution is -2.20. The number of ether oxygens (including phenoxy) is 3. The first-order chi connectivity index (χ1) is 17.8. The molecule has 0 aliphatic heterocycles. The predicted octanol–water partition coefficient (Wildman–Crippen LogP) is 5.61. The van der Waals surface area contributed by atoms with E-state index in [4.69, 9.17) is 14.2 Å². The van der Waals surface area contributed by atoms with Gasteiger partial charge in [0.15, 0.2) is 12.4 Å². The minimum Gasteiger partial charge on any atom is -0.497 e. The molecule has 4 aromatic rings. The van der Waals surface area contributed by atoms with E-state index >= 15 is 0 Å². The molecule has 1 amide bonds. The maximum Gasteiger partial charge on any atom is 0.262 e. The second kappa shape index (κ2) is 11.5. The van der Waals surface area contributed by atoms with E-state index in [9.17, 15) is 13.2 Å². The van der Waals surface area contributed by atoms with Gasteiger partial charge in [0, 0.05) is 5.69 Å². The zero-order valence-electron chi connectivity index (χ0n) is 20.3. The third-order valence-electron chi connectivity index (χ3n) is 5.29. The van der Waals surface area contributed by atoms with Gasteiger partial charge in [-0.3, -0.25) is 9.52 Å². The molecule has 0 saturated heterocycles. The van der Waals surface area contributed by atoms with Crippen molar-refractivity contribution >= 4 is 27.3 Å². The number of sulfonamides is 1. The maximum atomic E-state index is 12.8. The van der Waals surface area contributed by atoms with Crippen molar-refractivity contribution in [1.82, 2.24) is 0 Å². The normalized spacial score (nSPS) is 10.9. The Morgan fingerprint density at radius 3 is 2.22 bits per heavy atom. The minimum atomic E-state index is -3.81. The van der Waals surface area contributed by atoms with Gasteiger partial charge in [-0.2, -0.15) is 0 Å². The third kappa shape index (κ3) is 6.80. The average molecular weight is 519 g/mol. The molecule has 0 radical (unpaired) electrons. The Kier molecular flexibility index (Phi) is 7.95. The summed E-state index contributed by atoms with van der Waals surface area (Å²) in [6.07, 6.45) is 0. The van der Waals surface area contributed by atoms with Crippen molar-refractivity contribution < 1.29 is 27.4 Å². The molecule has 0 atom stereocenters. The number of hydrogen-bond acceptors (Lipinski definition) is 6. The van der Waals surface area contributed by atoms with E-state index in [0.29, 0.717) is 39.9 Å². The van der Waals surface area contributed by atoms with E-state index in [0.717, 1.165) is 0 Å². The van der Waals surface area contributed by atoms with Crippen LogP contribution in [0.4, 0.5) is 11.4 Å². The molecular weight excluding hydrogens is 492 g/mol. The standard InChI is InChI=1S/C28H26N2O6S/c1-20-18-24(37(32,33)30-21-12-14-22(34-2)15-13-21)16-17-26(20)35-19-28(31)29-25-10-6-7-11-27(25)36-23-8-4-3-5-9-23/h3-18,30H,19H2,1-2H3,(H,29,31). The van der Waals surface area contributed by atoms with Crippen LogP contribution >= 0.6 is 0 Å². The van der Waals surface area contributed by atoms with Crippen LogP contribution in [0.15, 0.2) is 102 Å². The smallest absolute Gasteiger partial charge is 0.262 e. The lowest BCUT2D eigenvalue weighted by molar-refractivity contribution is -0.118. The highest BCUT2D eigenvalue weighted by Gasteiger charge is 2.17. The number of carbonyl (C=O) groups excluding carboxylic acids is 1. The van der Waals surface area contributed by atoms with Crippen molar-refractivity contribution in [2.75, 3.05) is 23.8 Å². The van der Waals surface area contributed by atoms with Crippen LogP contribution in [0, 0.1) is 6.92 Å². The Hall–Kier alpha value is -4.50. The van der Waals surface area contributed by atoms with Gasteiger partial charge in [-0.25, -0.2) is 8.42 Å². The number of anilines is 2. The number of carbonyl (C=O) groups is 1. The molecule has 37 heavy (non-hydrogen) atoms. The Labute approximate surface area is 215 Å². The number of benzene rings is 4.